The normalized spacial score (nSPS) is 16.2. The van der Waals surface area contributed by atoms with Crippen LogP contribution in [0.15, 0.2) is 29.4 Å². The quantitative estimate of drug-likeness (QED) is 0.250. The summed E-state index contributed by atoms with van der Waals surface area (Å²) in [7, 11) is 0. The predicted molar refractivity (Wildman–Crippen MR) is 78.2 cm³/mol. The molecule has 4 heteroatoms. The van der Waals surface area contributed by atoms with Gasteiger partial charge in [0.15, 0.2) is 5.71 Å². The second kappa shape index (κ2) is 5.45. The van der Waals surface area contributed by atoms with Gasteiger partial charge in [-0.1, -0.05) is 23.3 Å². The van der Waals surface area contributed by atoms with Crippen LogP contribution in [-0.4, -0.2) is 23.4 Å². The highest BCUT2D eigenvalue weighted by atomic mass is 15.1. The fourth-order valence-corrected chi connectivity index (χ4v) is 2.74. The molecule has 0 amide bonds. The maximum atomic E-state index is 8.26. The fourth-order valence-electron chi connectivity index (χ4n) is 2.74. The molecular weight excluding hydrogens is 236 g/mol. The molecule has 4 nitrogen and oxygen atoms in total. The van der Waals surface area contributed by atoms with Crippen LogP contribution in [0, 0.1) is 0 Å². The molecule has 0 unspecified atom stereocenters. The van der Waals surface area contributed by atoms with Crippen LogP contribution in [0.5, 0.6) is 0 Å². The van der Waals surface area contributed by atoms with E-state index in [-0.39, 0.29) is 5.41 Å². The molecule has 1 aromatic carbocycles. The Hall–Kier alpha value is -1.80. The Morgan fingerprint density at radius 1 is 1.26 bits per heavy atom. The summed E-state index contributed by atoms with van der Waals surface area (Å²) < 4.78 is 2.41. The average Bonchev–Trinajstić information content (AvgIpc) is 2.60. The number of nitrogens with zero attached hydrogens (tertiary/aromatic N) is 4. The summed E-state index contributed by atoms with van der Waals surface area (Å²) in [6.07, 6.45) is 1.98. The summed E-state index contributed by atoms with van der Waals surface area (Å²) in [4.78, 5) is 2.79. The first-order valence-electron chi connectivity index (χ1n) is 6.81. The molecule has 0 saturated heterocycles. The topological polar surface area (TPSA) is 51.8 Å². The first-order chi connectivity index (χ1) is 9.09. The third kappa shape index (κ3) is 2.49. The standard InChI is InChI=1S/C15H21N4/c1-12-15(2,3)13-8-4-5-9-14(13)19(12)11-7-6-10-17-18-16/h4-5,8-9H,6-7,10-11H2,1-3H3/q+1. The van der Waals surface area contributed by atoms with Gasteiger partial charge in [0, 0.05) is 36.4 Å². The van der Waals surface area contributed by atoms with E-state index in [0.717, 1.165) is 19.4 Å². The van der Waals surface area contributed by atoms with Gasteiger partial charge in [-0.3, -0.25) is 0 Å². The summed E-state index contributed by atoms with van der Waals surface area (Å²) in [6.45, 7) is 8.36. The SMILES string of the molecule is CC1=[N+](CCCCN=[N+]=[N-])c2ccccc2C1(C)C. The molecule has 0 fully saturated rings. The second-order valence-corrected chi connectivity index (χ2v) is 5.54. The largest absolute Gasteiger partial charge is 0.209 e. The number of hydrogen-bond donors (Lipinski definition) is 0. The molecule has 1 heterocycles. The van der Waals surface area contributed by atoms with E-state index in [1.807, 2.05) is 0 Å². The Balaban J connectivity index is 2.15. The molecule has 1 aromatic rings. The summed E-state index contributed by atoms with van der Waals surface area (Å²) in [5.41, 5.74) is 12.5. The van der Waals surface area contributed by atoms with Crippen molar-refractivity contribution in [1.29, 1.82) is 0 Å². The van der Waals surface area contributed by atoms with Crippen LogP contribution in [0.2, 0.25) is 0 Å². The smallest absolute Gasteiger partial charge is 0.199 e. The maximum Gasteiger partial charge on any atom is 0.209 e. The van der Waals surface area contributed by atoms with Crippen LogP contribution in [0.25, 0.3) is 10.4 Å². The van der Waals surface area contributed by atoms with E-state index < -0.39 is 0 Å². The van der Waals surface area contributed by atoms with Crippen LogP contribution in [0.3, 0.4) is 0 Å². The van der Waals surface area contributed by atoms with Crippen molar-refractivity contribution in [3.8, 4) is 0 Å². The van der Waals surface area contributed by atoms with Crippen molar-refractivity contribution in [1.82, 2.24) is 0 Å². The number of rotatable bonds is 5. The summed E-state index contributed by atoms with van der Waals surface area (Å²) in [6, 6.07) is 8.62. The van der Waals surface area contributed by atoms with Crippen LogP contribution >= 0.6 is 0 Å². The van der Waals surface area contributed by atoms with E-state index in [9.17, 15) is 0 Å². The zero-order valence-electron chi connectivity index (χ0n) is 11.9. The van der Waals surface area contributed by atoms with E-state index in [1.54, 1.807) is 0 Å². The van der Waals surface area contributed by atoms with Crippen molar-refractivity contribution >= 4 is 11.4 Å². The molecule has 0 aliphatic carbocycles. The lowest BCUT2D eigenvalue weighted by Crippen LogP contribution is -2.26. The molecule has 100 valence electrons. The van der Waals surface area contributed by atoms with Crippen molar-refractivity contribution in [3.05, 3.63) is 40.3 Å². The summed E-state index contributed by atoms with van der Waals surface area (Å²) >= 11 is 0. The van der Waals surface area contributed by atoms with Crippen molar-refractivity contribution < 1.29 is 4.58 Å². The van der Waals surface area contributed by atoms with Gasteiger partial charge in [0.05, 0.1) is 5.41 Å². The predicted octanol–water partition coefficient (Wildman–Crippen LogP) is 4.17. The third-order valence-corrected chi connectivity index (χ3v) is 4.13. The maximum absolute atomic E-state index is 8.26. The van der Waals surface area contributed by atoms with Gasteiger partial charge in [0.2, 0.25) is 5.69 Å². The molecule has 0 bridgehead atoms. The van der Waals surface area contributed by atoms with E-state index in [4.69, 9.17) is 5.53 Å². The Morgan fingerprint density at radius 2 is 2.00 bits per heavy atom. The lowest BCUT2D eigenvalue weighted by Gasteiger charge is -2.14. The number of hydrogen-bond acceptors (Lipinski definition) is 1. The lowest BCUT2D eigenvalue weighted by molar-refractivity contribution is -0.439. The molecular formula is C15H21N4+. The molecule has 19 heavy (non-hydrogen) atoms. The molecule has 0 radical (unpaired) electrons. The van der Waals surface area contributed by atoms with E-state index in [0.29, 0.717) is 6.54 Å². The molecule has 0 spiro atoms. The molecule has 1 aliphatic heterocycles. The number of benzene rings is 1. The Kier molecular flexibility index (Phi) is 3.91. The van der Waals surface area contributed by atoms with Gasteiger partial charge in [-0.15, -0.1) is 0 Å². The Labute approximate surface area is 114 Å². The first kappa shape index (κ1) is 13.6. The number of fused-ring (bicyclic) bond motifs is 1. The lowest BCUT2D eigenvalue weighted by atomic mass is 9.82. The average molecular weight is 257 g/mol. The van der Waals surface area contributed by atoms with Crippen molar-refractivity contribution in [2.75, 3.05) is 13.1 Å². The zero-order chi connectivity index (χ0) is 13.9. The van der Waals surface area contributed by atoms with E-state index in [1.165, 1.54) is 17.0 Å². The second-order valence-electron chi connectivity index (χ2n) is 5.54. The van der Waals surface area contributed by atoms with Crippen LogP contribution < -0.4 is 0 Å². The van der Waals surface area contributed by atoms with Crippen molar-refractivity contribution in [2.24, 2.45) is 5.11 Å². The van der Waals surface area contributed by atoms with Crippen molar-refractivity contribution in [2.45, 2.75) is 39.0 Å². The number of unbranched alkanes of at least 4 members (excludes halogenated alkanes) is 1. The molecule has 0 saturated carbocycles. The minimum absolute atomic E-state index is 0.113. The van der Waals surface area contributed by atoms with Gasteiger partial charge in [-0.25, -0.2) is 0 Å². The van der Waals surface area contributed by atoms with Crippen LogP contribution in [0.4, 0.5) is 5.69 Å². The van der Waals surface area contributed by atoms with Crippen LogP contribution in [0.1, 0.15) is 39.2 Å². The van der Waals surface area contributed by atoms with Crippen molar-refractivity contribution in [3.63, 3.8) is 0 Å². The van der Waals surface area contributed by atoms with Crippen LogP contribution in [-0.2, 0) is 5.41 Å². The minimum Gasteiger partial charge on any atom is -0.199 e. The van der Waals surface area contributed by atoms with E-state index in [2.05, 4.69) is 59.6 Å². The Morgan fingerprint density at radius 3 is 2.74 bits per heavy atom. The molecule has 0 atom stereocenters. The molecule has 1 aliphatic rings. The number of para-hydroxylation sites is 1. The highest BCUT2D eigenvalue weighted by Crippen LogP contribution is 2.39. The molecule has 0 N–H and O–H groups in total. The Bertz CT molecular complexity index is 551. The summed E-state index contributed by atoms with van der Waals surface area (Å²) in [5, 5.41) is 3.58. The highest BCUT2D eigenvalue weighted by molar-refractivity contribution is 5.93. The molecule has 0 aromatic heterocycles. The monoisotopic (exact) mass is 257 g/mol. The highest BCUT2D eigenvalue weighted by Gasteiger charge is 2.42. The first-order valence-corrected chi connectivity index (χ1v) is 6.81. The summed E-state index contributed by atoms with van der Waals surface area (Å²) in [5.74, 6) is 0. The van der Waals surface area contributed by atoms with E-state index >= 15 is 0 Å². The number of azide groups is 1. The zero-order valence-corrected chi connectivity index (χ0v) is 11.9. The molecule has 2 rings (SSSR count). The van der Waals surface area contributed by atoms with Gasteiger partial charge in [0.25, 0.3) is 0 Å². The van der Waals surface area contributed by atoms with Gasteiger partial charge < -0.3 is 0 Å². The van der Waals surface area contributed by atoms with Gasteiger partial charge in [-0.2, -0.15) is 4.58 Å². The fraction of sp³-hybridized carbons (Fsp3) is 0.533. The third-order valence-electron chi connectivity index (χ3n) is 4.13. The van der Waals surface area contributed by atoms with Gasteiger partial charge in [0.1, 0.15) is 6.54 Å². The van der Waals surface area contributed by atoms with Gasteiger partial charge >= 0.3 is 0 Å². The minimum atomic E-state index is 0.113. The van der Waals surface area contributed by atoms with Gasteiger partial charge in [-0.05, 0) is 25.8 Å².